The van der Waals surface area contributed by atoms with Gasteiger partial charge in [0.15, 0.2) is 11.5 Å². The molecular weight excluding hydrogens is 438 g/mol. The Balaban J connectivity index is 1.48. The van der Waals surface area contributed by atoms with Crippen LogP contribution in [-0.4, -0.2) is 60.7 Å². The first-order valence-corrected chi connectivity index (χ1v) is 13.9. The summed E-state index contributed by atoms with van der Waals surface area (Å²) in [4.78, 5) is 2.86. The number of ether oxygens (including phenoxy) is 3. The van der Waals surface area contributed by atoms with Crippen LogP contribution < -0.4 is 9.47 Å². The molecule has 1 unspecified atom stereocenters. The van der Waals surface area contributed by atoms with Gasteiger partial charge in [0, 0.05) is 42.0 Å². The van der Waals surface area contributed by atoms with Crippen molar-refractivity contribution in [3.05, 3.63) is 23.3 Å². The number of nitrogens with zero attached hydrogens (tertiary/aromatic N) is 1. The Labute approximate surface area is 210 Å². The number of methoxy groups -OCH3 is 2. The molecule has 1 aromatic rings. The van der Waals surface area contributed by atoms with Crippen LogP contribution in [0.3, 0.4) is 0 Å². The molecule has 1 aromatic carbocycles. The van der Waals surface area contributed by atoms with Crippen LogP contribution in [0.25, 0.3) is 0 Å². The highest BCUT2D eigenvalue weighted by Gasteiger charge is 2.82. The second-order valence-corrected chi connectivity index (χ2v) is 14.0. The average Bonchev–Trinajstić information content (AvgIpc) is 3.56. The Bertz CT molecular complexity index is 1070. The molecule has 35 heavy (non-hydrogen) atoms. The molecule has 0 radical (unpaired) electrons. The van der Waals surface area contributed by atoms with Crippen LogP contribution in [0.2, 0.25) is 0 Å². The van der Waals surface area contributed by atoms with E-state index in [9.17, 15) is 5.11 Å². The fraction of sp³-hybridized carbons (Fsp3) is 0.800. The molecule has 5 aliphatic carbocycles. The summed E-state index contributed by atoms with van der Waals surface area (Å²) < 4.78 is 19.6. The van der Waals surface area contributed by atoms with E-state index in [1.165, 1.54) is 30.5 Å². The molecule has 0 aromatic heterocycles. The van der Waals surface area contributed by atoms with Crippen molar-refractivity contribution in [3.63, 3.8) is 0 Å². The lowest BCUT2D eigenvalue weighted by Crippen LogP contribution is -2.83. The number of likely N-dealkylation sites (tertiary alicyclic amines) is 1. The monoisotopic (exact) mass is 481 g/mol. The number of rotatable bonds is 5. The minimum atomic E-state index is -0.879. The van der Waals surface area contributed by atoms with Crippen molar-refractivity contribution in [2.75, 3.05) is 27.3 Å². The molecule has 1 N–H and O–H groups in total. The molecule has 2 spiro atoms. The summed E-state index contributed by atoms with van der Waals surface area (Å²) in [7, 11) is 3.63. The van der Waals surface area contributed by atoms with Gasteiger partial charge in [-0.25, -0.2) is 0 Å². The highest BCUT2D eigenvalue weighted by molar-refractivity contribution is 5.63. The van der Waals surface area contributed by atoms with Crippen molar-refractivity contribution >= 4 is 0 Å². The topological polar surface area (TPSA) is 51.2 Å². The number of fused-ring (bicyclic) bond motifs is 2. The molecule has 8 rings (SSSR count). The summed E-state index contributed by atoms with van der Waals surface area (Å²) in [5.41, 5.74) is 1.26. The maximum Gasteiger partial charge on any atom is 0.165 e. The molecule has 0 amide bonds. The summed E-state index contributed by atoms with van der Waals surface area (Å²) in [5.74, 6) is 2.71. The third-order valence-corrected chi connectivity index (χ3v) is 12.1. The fourth-order valence-corrected chi connectivity index (χ4v) is 9.73. The molecule has 5 fully saturated rings. The van der Waals surface area contributed by atoms with Crippen LogP contribution in [0.15, 0.2) is 12.1 Å². The Hall–Kier alpha value is -1.30. The normalized spacial score (nSPS) is 42.9. The number of hydrogen-bond donors (Lipinski definition) is 1. The Morgan fingerprint density at radius 2 is 1.89 bits per heavy atom. The van der Waals surface area contributed by atoms with Crippen molar-refractivity contribution in [2.45, 2.75) is 101 Å². The average molecular weight is 482 g/mol. The van der Waals surface area contributed by atoms with Crippen molar-refractivity contribution < 1.29 is 19.3 Å². The predicted octanol–water partition coefficient (Wildman–Crippen LogP) is 4.72. The van der Waals surface area contributed by atoms with Crippen LogP contribution in [0, 0.1) is 22.7 Å². The highest BCUT2D eigenvalue weighted by atomic mass is 16.6. The van der Waals surface area contributed by atoms with E-state index in [2.05, 4.69) is 44.7 Å². The van der Waals surface area contributed by atoms with E-state index in [1.54, 1.807) is 7.11 Å². The Kier molecular flexibility index (Phi) is 4.42. The second-order valence-electron chi connectivity index (χ2n) is 14.0. The van der Waals surface area contributed by atoms with E-state index in [4.69, 9.17) is 14.2 Å². The van der Waals surface area contributed by atoms with Gasteiger partial charge in [-0.05, 0) is 81.4 Å². The van der Waals surface area contributed by atoms with Gasteiger partial charge in [0.25, 0.3) is 0 Å². The van der Waals surface area contributed by atoms with Crippen LogP contribution in [-0.2, 0) is 16.6 Å². The maximum atomic E-state index is 12.3. The lowest BCUT2D eigenvalue weighted by Gasteiger charge is -2.75. The molecule has 2 heterocycles. The summed E-state index contributed by atoms with van der Waals surface area (Å²) in [6, 6.07) is 4.93. The van der Waals surface area contributed by atoms with Crippen molar-refractivity contribution in [1.82, 2.24) is 4.90 Å². The predicted molar refractivity (Wildman–Crippen MR) is 135 cm³/mol. The number of aliphatic hydroxyl groups is 1. The molecule has 5 heteroatoms. The molecule has 1 saturated heterocycles. The van der Waals surface area contributed by atoms with Gasteiger partial charge in [-0.1, -0.05) is 26.8 Å². The Morgan fingerprint density at radius 3 is 2.54 bits per heavy atom. The molecule has 4 bridgehead atoms. The van der Waals surface area contributed by atoms with Gasteiger partial charge in [-0.3, -0.25) is 4.90 Å². The minimum Gasteiger partial charge on any atom is -0.493 e. The van der Waals surface area contributed by atoms with E-state index in [0.29, 0.717) is 6.04 Å². The minimum absolute atomic E-state index is 0.0112. The van der Waals surface area contributed by atoms with Gasteiger partial charge in [0.2, 0.25) is 0 Å². The molecule has 5 nitrogen and oxygen atoms in total. The number of hydrogen-bond acceptors (Lipinski definition) is 5. The summed E-state index contributed by atoms with van der Waals surface area (Å²) in [6.07, 6.45) is 8.00. The van der Waals surface area contributed by atoms with Gasteiger partial charge in [-0.15, -0.1) is 0 Å². The fourth-order valence-electron chi connectivity index (χ4n) is 9.73. The van der Waals surface area contributed by atoms with Gasteiger partial charge < -0.3 is 19.3 Å². The van der Waals surface area contributed by atoms with Crippen molar-refractivity contribution in [1.29, 1.82) is 0 Å². The van der Waals surface area contributed by atoms with Crippen LogP contribution in [0.1, 0.15) is 77.3 Å². The maximum absolute atomic E-state index is 12.3. The molecule has 7 aliphatic rings. The molecule has 7 atom stereocenters. The lowest BCUT2D eigenvalue weighted by atomic mass is 9.33. The zero-order valence-electron chi connectivity index (χ0n) is 22.4. The van der Waals surface area contributed by atoms with Crippen LogP contribution >= 0.6 is 0 Å². The van der Waals surface area contributed by atoms with E-state index in [1.807, 2.05) is 7.11 Å². The Morgan fingerprint density at radius 1 is 1.11 bits per heavy atom. The third kappa shape index (κ3) is 2.47. The lowest BCUT2D eigenvalue weighted by molar-refractivity contribution is -0.312. The zero-order chi connectivity index (χ0) is 24.6. The SMILES string of the molecule is COc1ccc2c3c1O[C@@H]1[C@]34CCN(CC3CC3)[C@H](C2)[C@]42CC[C@@]1(OC)C([C@@](C)(O)C(C)(C)C)C2. The summed E-state index contributed by atoms with van der Waals surface area (Å²) in [5, 5.41) is 12.3. The van der Waals surface area contributed by atoms with Gasteiger partial charge >= 0.3 is 0 Å². The highest BCUT2D eigenvalue weighted by Crippen LogP contribution is 2.78. The summed E-state index contributed by atoms with van der Waals surface area (Å²) in [6.45, 7) is 11.0. The third-order valence-electron chi connectivity index (χ3n) is 12.1. The van der Waals surface area contributed by atoms with E-state index in [0.717, 1.165) is 56.1 Å². The summed E-state index contributed by atoms with van der Waals surface area (Å²) >= 11 is 0. The van der Waals surface area contributed by atoms with Crippen LogP contribution in [0.5, 0.6) is 11.5 Å². The number of piperidine rings is 1. The molecule has 4 saturated carbocycles. The van der Waals surface area contributed by atoms with Gasteiger partial charge in [0.1, 0.15) is 11.7 Å². The number of benzene rings is 1. The first-order valence-electron chi connectivity index (χ1n) is 13.9. The van der Waals surface area contributed by atoms with E-state index >= 15 is 0 Å². The second kappa shape index (κ2) is 6.76. The molecular formula is C30H43NO4. The van der Waals surface area contributed by atoms with Gasteiger partial charge in [0.05, 0.1) is 12.7 Å². The van der Waals surface area contributed by atoms with Crippen molar-refractivity contribution in [2.24, 2.45) is 22.7 Å². The zero-order valence-corrected chi connectivity index (χ0v) is 22.4. The van der Waals surface area contributed by atoms with E-state index in [-0.39, 0.29) is 28.3 Å². The van der Waals surface area contributed by atoms with Gasteiger partial charge in [-0.2, -0.15) is 0 Å². The standard InChI is InChI=1S/C30H43NO4/c1-26(2,3)27(4,32)21-16-28-11-12-30(21,34-6)25-29(28)13-14-31(17-18-7-8-18)22(28)15-19-9-10-20(33-5)24(35-25)23(19)29/h9-10,18,21-22,25,32H,7-8,11-17H2,1-6H3/t21?,22-,25-,27-,28-,29+,30-/m1/s1. The largest absolute Gasteiger partial charge is 0.493 e. The van der Waals surface area contributed by atoms with E-state index < -0.39 is 11.2 Å². The molecule has 192 valence electrons. The first kappa shape index (κ1) is 22.9. The smallest absolute Gasteiger partial charge is 0.165 e. The quantitative estimate of drug-likeness (QED) is 0.660. The van der Waals surface area contributed by atoms with Crippen LogP contribution in [0.4, 0.5) is 0 Å². The molecule has 2 aliphatic heterocycles. The van der Waals surface area contributed by atoms with Crippen molar-refractivity contribution in [3.8, 4) is 11.5 Å². The first-order chi connectivity index (χ1) is 16.6.